The predicted molar refractivity (Wildman–Crippen MR) is 99.0 cm³/mol. The van der Waals surface area contributed by atoms with Gasteiger partial charge in [-0.25, -0.2) is 4.68 Å². The molecule has 0 saturated carbocycles. The van der Waals surface area contributed by atoms with Crippen LogP contribution in [-0.4, -0.2) is 25.7 Å². The van der Waals surface area contributed by atoms with E-state index in [1.165, 1.54) is 0 Å². The second kappa shape index (κ2) is 6.98. The zero-order chi connectivity index (χ0) is 17.8. The summed E-state index contributed by atoms with van der Waals surface area (Å²) in [7, 11) is 0. The van der Waals surface area contributed by atoms with Gasteiger partial charge in [-0.1, -0.05) is 48.5 Å². The SMILES string of the molecule is O=C(Nc1nc(-c2ccccc2)n(-c2ccncc2)n1)c1ccccc1. The van der Waals surface area contributed by atoms with Crippen molar-refractivity contribution < 1.29 is 4.79 Å². The average Bonchev–Trinajstić information content (AvgIpc) is 3.14. The third-order valence-corrected chi connectivity index (χ3v) is 3.81. The summed E-state index contributed by atoms with van der Waals surface area (Å²) in [6, 6.07) is 22.4. The van der Waals surface area contributed by atoms with Crippen molar-refractivity contribution in [3.63, 3.8) is 0 Å². The van der Waals surface area contributed by atoms with E-state index in [1.807, 2.05) is 60.7 Å². The summed E-state index contributed by atoms with van der Waals surface area (Å²) in [5.41, 5.74) is 2.26. The molecule has 2 aromatic heterocycles. The first-order valence-corrected chi connectivity index (χ1v) is 8.10. The molecule has 1 amide bonds. The number of amides is 1. The van der Waals surface area contributed by atoms with E-state index < -0.39 is 0 Å². The first-order valence-electron chi connectivity index (χ1n) is 8.10. The molecule has 0 bridgehead atoms. The molecule has 0 radical (unpaired) electrons. The van der Waals surface area contributed by atoms with E-state index in [2.05, 4.69) is 20.4 Å². The van der Waals surface area contributed by atoms with Crippen molar-refractivity contribution in [1.29, 1.82) is 0 Å². The Balaban J connectivity index is 1.73. The maximum Gasteiger partial charge on any atom is 0.258 e. The molecule has 0 aliphatic rings. The number of carbonyl (C=O) groups is 1. The summed E-state index contributed by atoms with van der Waals surface area (Å²) in [6.07, 6.45) is 3.38. The highest BCUT2D eigenvalue weighted by Gasteiger charge is 2.15. The standard InChI is InChI=1S/C20H15N5O/c26-19(16-9-5-2-6-10-16)23-20-22-18(15-7-3-1-4-8-15)25(24-20)17-11-13-21-14-12-17/h1-14H,(H,23,24,26). The molecule has 1 N–H and O–H groups in total. The Morgan fingerprint density at radius 1 is 0.846 bits per heavy atom. The fraction of sp³-hybridized carbons (Fsp3) is 0. The van der Waals surface area contributed by atoms with Crippen LogP contribution in [0, 0.1) is 0 Å². The van der Waals surface area contributed by atoms with Gasteiger partial charge in [0.2, 0.25) is 5.95 Å². The molecular formula is C20H15N5O. The lowest BCUT2D eigenvalue weighted by Gasteiger charge is -2.04. The molecule has 0 unspecified atom stereocenters. The van der Waals surface area contributed by atoms with Crippen LogP contribution in [0.1, 0.15) is 10.4 Å². The number of rotatable bonds is 4. The molecule has 2 aromatic carbocycles. The van der Waals surface area contributed by atoms with Crippen LogP contribution < -0.4 is 5.32 Å². The summed E-state index contributed by atoms with van der Waals surface area (Å²) in [5.74, 6) is 0.631. The van der Waals surface area contributed by atoms with Crippen molar-refractivity contribution in [1.82, 2.24) is 19.7 Å². The highest BCUT2D eigenvalue weighted by molar-refractivity contribution is 6.03. The maximum atomic E-state index is 12.4. The Morgan fingerprint density at radius 3 is 2.19 bits per heavy atom. The molecule has 0 aliphatic carbocycles. The van der Waals surface area contributed by atoms with Crippen LogP contribution in [-0.2, 0) is 0 Å². The van der Waals surface area contributed by atoms with Gasteiger partial charge in [0.05, 0.1) is 5.69 Å². The molecule has 4 rings (SSSR count). The van der Waals surface area contributed by atoms with Gasteiger partial charge in [-0.15, -0.1) is 5.10 Å². The summed E-state index contributed by atoms with van der Waals surface area (Å²) in [6.45, 7) is 0. The van der Waals surface area contributed by atoms with E-state index >= 15 is 0 Å². The van der Waals surface area contributed by atoms with Crippen molar-refractivity contribution in [2.45, 2.75) is 0 Å². The molecule has 6 heteroatoms. The molecular weight excluding hydrogens is 326 g/mol. The van der Waals surface area contributed by atoms with Crippen LogP contribution in [0.3, 0.4) is 0 Å². The fourth-order valence-corrected chi connectivity index (χ4v) is 2.57. The average molecular weight is 341 g/mol. The summed E-state index contributed by atoms with van der Waals surface area (Å²) in [4.78, 5) is 21.0. The van der Waals surface area contributed by atoms with Crippen molar-refractivity contribution in [2.75, 3.05) is 5.32 Å². The smallest absolute Gasteiger partial charge is 0.258 e. The second-order valence-electron chi connectivity index (χ2n) is 5.56. The summed E-state index contributed by atoms with van der Waals surface area (Å²) < 4.78 is 1.69. The van der Waals surface area contributed by atoms with Crippen LogP contribution in [0.15, 0.2) is 85.2 Å². The van der Waals surface area contributed by atoms with Crippen LogP contribution in [0.25, 0.3) is 17.1 Å². The number of carbonyl (C=O) groups excluding carboxylic acids is 1. The lowest BCUT2D eigenvalue weighted by atomic mass is 10.2. The zero-order valence-electron chi connectivity index (χ0n) is 13.8. The Bertz CT molecular complexity index is 957. The molecule has 0 spiro atoms. The first kappa shape index (κ1) is 15.7. The van der Waals surface area contributed by atoms with Crippen molar-refractivity contribution in [3.05, 3.63) is 90.8 Å². The van der Waals surface area contributed by atoms with E-state index in [1.54, 1.807) is 29.2 Å². The molecule has 2 heterocycles. The van der Waals surface area contributed by atoms with Gasteiger partial charge >= 0.3 is 0 Å². The number of hydrogen-bond donors (Lipinski definition) is 1. The minimum absolute atomic E-state index is 0.245. The third-order valence-electron chi connectivity index (χ3n) is 3.81. The molecule has 0 atom stereocenters. The van der Waals surface area contributed by atoms with Gasteiger partial charge in [0.1, 0.15) is 0 Å². The molecule has 6 nitrogen and oxygen atoms in total. The highest BCUT2D eigenvalue weighted by atomic mass is 16.1. The lowest BCUT2D eigenvalue weighted by Crippen LogP contribution is -2.13. The summed E-state index contributed by atoms with van der Waals surface area (Å²) >= 11 is 0. The van der Waals surface area contributed by atoms with E-state index in [0.717, 1.165) is 11.3 Å². The van der Waals surface area contributed by atoms with Gasteiger partial charge < -0.3 is 0 Å². The molecule has 0 fully saturated rings. The third kappa shape index (κ3) is 3.21. The Morgan fingerprint density at radius 2 is 1.50 bits per heavy atom. The quantitative estimate of drug-likeness (QED) is 0.616. The Labute approximate surface area is 150 Å². The van der Waals surface area contributed by atoms with Gasteiger partial charge in [0.15, 0.2) is 5.82 Å². The van der Waals surface area contributed by atoms with Gasteiger partial charge in [0, 0.05) is 23.5 Å². The topological polar surface area (TPSA) is 72.7 Å². The van der Waals surface area contributed by atoms with Gasteiger partial charge in [0.25, 0.3) is 5.91 Å². The van der Waals surface area contributed by atoms with Crippen LogP contribution in [0.2, 0.25) is 0 Å². The molecule has 126 valence electrons. The molecule has 26 heavy (non-hydrogen) atoms. The molecule has 4 aromatic rings. The summed E-state index contributed by atoms with van der Waals surface area (Å²) in [5, 5.41) is 7.23. The minimum atomic E-state index is -0.253. The fourth-order valence-electron chi connectivity index (χ4n) is 2.57. The number of nitrogens with zero attached hydrogens (tertiary/aromatic N) is 4. The van der Waals surface area contributed by atoms with Crippen molar-refractivity contribution in [2.24, 2.45) is 0 Å². The second-order valence-corrected chi connectivity index (χ2v) is 5.56. The Kier molecular flexibility index (Phi) is 4.22. The zero-order valence-corrected chi connectivity index (χ0v) is 13.8. The first-order chi connectivity index (χ1) is 12.8. The number of anilines is 1. The highest BCUT2D eigenvalue weighted by Crippen LogP contribution is 2.22. The van der Waals surface area contributed by atoms with Crippen LogP contribution in [0.5, 0.6) is 0 Å². The molecule has 0 saturated heterocycles. The van der Waals surface area contributed by atoms with Gasteiger partial charge in [-0.05, 0) is 24.3 Å². The number of pyridine rings is 1. The molecule has 0 aliphatic heterocycles. The van der Waals surface area contributed by atoms with Gasteiger partial charge in [-0.3, -0.25) is 15.1 Å². The van der Waals surface area contributed by atoms with E-state index in [9.17, 15) is 4.79 Å². The van der Waals surface area contributed by atoms with Crippen LogP contribution >= 0.6 is 0 Å². The number of aromatic nitrogens is 4. The van der Waals surface area contributed by atoms with Crippen LogP contribution in [0.4, 0.5) is 5.95 Å². The largest absolute Gasteiger partial charge is 0.289 e. The number of hydrogen-bond acceptors (Lipinski definition) is 4. The van der Waals surface area contributed by atoms with Gasteiger partial charge in [-0.2, -0.15) is 4.98 Å². The normalized spacial score (nSPS) is 10.5. The van der Waals surface area contributed by atoms with Crippen molar-refractivity contribution >= 4 is 11.9 Å². The number of nitrogens with one attached hydrogen (secondary N) is 1. The van der Waals surface area contributed by atoms with Crippen molar-refractivity contribution in [3.8, 4) is 17.1 Å². The van der Waals surface area contributed by atoms with E-state index in [-0.39, 0.29) is 11.9 Å². The van der Waals surface area contributed by atoms with E-state index in [4.69, 9.17) is 0 Å². The Hall–Kier alpha value is -3.80. The number of benzene rings is 2. The monoisotopic (exact) mass is 341 g/mol. The predicted octanol–water partition coefficient (Wildman–Crippen LogP) is 3.58. The minimum Gasteiger partial charge on any atom is -0.289 e. The lowest BCUT2D eigenvalue weighted by molar-refractivity contribution is 0.102. The maximum absolute atomic E-state index is 12.4. The van der Waals surface area contributed by atoms with E-state index in [0.29, 0.717) is 11.4 Å².